The van der Waals surface area contributed by atoms with Crippen LogP contribution in [0.2, 0.25) is 0 Å². The minimum atomic E-state index is -0.810. The Kier molecular flexibility index (Phi) is 4.08. The minimum absolute atomic E-state index is 0.00699. The number of hydrogen-bond acceptors (Lipinski definition) is 2. The molecule has 0 saturated carbocycles. The highest BCUT2D eigenvalue weighted by atomic mass is 16.4. The summed E-state index contributed by atoms with van der Waals surface area (Å²) in [5.74, 6) is -0.859. The molecule has 1 aromatic carbocycles. The Morgan fingerprint density at radius 3 is 2.38 bits per heavy atom. The molecule has 0 aromatic heterocycles. The average molecular weight is 289 g/mol. The summed E-state index contributed by atoms with van der Waals surface area (Å²) in [5.41, 5.74) is 2.06. The van der Waals surface area contributed by atoms with Crippen molar-refractivity contribution in [1.29, 1.82) is 0 Å². The number of benzene rings is 1. The van der Waals surface area contributed by atoms with Gasteiger partial charge in [-0.2, -0.15) is 0 Å². The van der Waals surface area contributed by atoms with Crippen molar-refractivity contribution in [1.82, 2.24) is 4.90 Å². The van der Waals surface area contributed by atoms with E-state index in [0.717, 1.165) is 11.1 Å². The molecular weight excluding hydrogens is 266 g/mol. The molecule has 1 fully saturated rings. The number of hydrogen-bond donors (Lipinski definition) is 1. The second-order valence-corrected chi connectivity index (χ2v) is 6.39. The zero-order chi connectivity index (χ0) is 15.8. The molecule has 1 aromatic rings. The molecule has 1 aliphatic heterocycles. The molecule has 0 radical (unpaired) electrons. The van der Waals surface area contributed by atoms with Crippen molar-refractivity contribution in [3.05, 3.63) is 34.9 Å². The van der Waals surface area contributed by atoms with E-state index in [4.69, 9.17) is 0 Å². The van der Waals surface area contributed by atoms with Gasteiger partial charge >= 0.3 is 5.97 Å². The maximum Gasteiger partial charge on any atom is 0.311 e. The molecule has 1 heterocycles. The summed E-state index contributed by atoms with van der Waals surface area (Å²) in [5, 5.41) is 9.55. The summed E-state index contributed by atoms with van der Waals surface area (Å²) in [6, 6.07) is 5.64. The minimum Gasteiger partial charge on any atom is -0.481 e. The van der Waals surface area contributed by atoms with E-state index in [1.54, 1.807) is 4.90 Å². The van der Waals surface area contributed by atoms with Crippen molar-refractivity contribution in [2.24, 2.45) is 11.3 Å². The zero-order valence-electron chi connectivity index (χ0n) is 13.1. The number of carboxylic acids is 1. The molecule has 0 aliphatic carbocycles. The summed E-state index contributed by atoms with van der Waals surface area (Å²) in [4.78, 5) is 25.9. The summed E-state index contributed by atoms with van der Waals surface area (Å²) >= 11 is 0. The number of carbonyl (C=O) groups excluding carboxylic acids is 1. The first-order chi connectivity index (χ1) is 9.78. The summed E-state index contributed by atoms with van der Waals surface area (Å²) in [6.07, 6.45) is 0.524. The molecule has 114 valence electrons. The largest absolute Gasteiger partial charge is 0.481 e. The maximum atomic E-state index is 12.6. The lowest BCUT2D eigenvalue weighted by Gasteiger charge is -2.28. The van der Waals surface area contributed by atoms with Gasteiger partial charge in [0, 0.05) is 18.7 Å². The van der Waals surface area contributed by atoms with Crippen molar-refractivity contribution in [2.45, 2.75) is 34.1 Å². The fraction of sp³-hybridized carbons (Fsp3) is 0.529. The Morgan fingerprint density at radius 2 is 1.90 bits per heavy atom. The predicted molar refractivity (Wildman–Crippen MR) is 81.3 cm³/mol. The molecule has 1 unspecified atom stereocenters. The summed E-state index contributed by atoms with van der Waals surface area (Å²) in [7, 11) is 0. The number of likely N-dealkylation sites (tertiary alicyclic amines) is 1. The van der Waals surface area contributed by atoms with Gasteiger partial charge in [0.2, 0.25) is 0 Å². The van der Waals surface area contributed by atoms with E-state index >= 15 is 0 Å². The molecule has 0 spiro atoms. The van der Waals surface area contributed by atoms with Gasteiger partial charge in [0.25, 0.3) is 5.91 Å². The van der Waals surface area contributed by atoms with Crippen LogP contribution < -0.4 is 0 Å². The first-order valence-corrected chi connectivity index (χ1v) is 7.38. The van der Waals surface area contributed by atoms with Gasteiger partial charge in [-0.25, -0.2) is 0 Å². The quantitative estimate of drug-likeness (QED) is 0.931. The van der Waals surface area contributed by atoms with Crippen molar-refractivity contribution >= 4 is 11.9 Å². The monoisotopic (exact) mass is 289 g/mol. The summed E-state index contributed by atoms with van der Waals surface area (Å²) < 4.78 is 0. The van der Waals surface area contributed by atoms with Crippen LogP contribution in [0.3, 0.4) is 0 Å². The molecule has 1 saturated heterocycles. The Balaban J connectivity index is 2.22. The van der Waals surface area contributed by atoms with Gasteiger partial charge in [-0.1, -0.05) is 19.9 Å². The van der Waals surface area contributed by atoms with Crippen LogP contribution in [0.1, 0.15) is 41.8 Å². The van der Waals surface area contributed by atoms with Crippen LogP contribution in [-0.2, 0) is 4.79 Å². The first-order valence-electron chi connectivity index (χ1n) is 7.38. The number of aryl methyl sites for hydroxylation is 2. The molecule has 1 aliphatic rings. The Bertz CT molecular complexity index is 579. The fourth-order valence-electron chi connectivity index (χ4n) is 2.96. The first kappa shape index (κ1) is 15.5. The van der Waals surface area contributed by atoms with Crippen LogP contribution in [-0.4, -0.2) is 35.0 Å². The van der Waals surface area contributed by atoms with Crippen molar-refractivity contribution in [3.8, 4) is 0 Å². The fourth-order valence-corrected chi connectivity index (χ4v) is 2.96. The van der Waals surface area contributed by atoms with Gasteiger partial charge in [-0.15, -0.1) is 0 Å². The third-order valence-electron chi connectivity index (χ3n) is 4.87. The van der Waals surface area contributed by atoms with E-state index in [1.807, 2.05) is 45.9 Å². The maximum absolute atomic E-state index is 12.6. The Morgan fingerprint density at radius 1 is 1.24 bits per heavy atom. The highest BCUT2D eigenvalue weighted by molar-refractivity contribution is 5.95. The highest BCUT2D eigenvalue weighted by Crippen LogP contribution is 2.38. The molecule has 21 heavy (non-hydrogen) atoms. The smallest absolute Gasteiger partial charge is 0.311 e. The lowest BCUT2D eigenvalue weighted by Crippen LogP contribution is -2.40. The van der Waals surface area contributed by atoms with Gasteiger partial charge in [0.15, 0.2) is 0 Å². The molecular formula is C17H23NO3. The molecule has 2 rings (SSSR count). The third-order valence-corrected chi connectivity index (χ3v) is 4.87. The second-order valence-electron chi connectivity index (χ2n) is 6.39. The van der Waals surface area contributed by atoms with E-state index in [0.29, 0.717) is 25.1 Å². The van der Waals surface area contributed by atoms with Crippen LogP contribution >= 0.6 is 0 Å². The van der Waals surface area contributed by atoms with Crippen LogP contribution in [0, 0.1) is 25.2 Å². The van der Waals surface area contributed by atoms with Crippen molar-refractivity contribution in [3.63, 3.8) is 0 Å². The molecule has 0 bridgehead atoms. The average Bonchev–Trinajstić information content (AvgIpc) is 2.87. The lowest BCUT2D eigenvalue weighted by atomic mass is 9.76. The Hall–Kier alpha value is -1.84. The van der Waals surface area contributed by atoms with Gasteiger partial charge < -0.3 is 10.0 Å². The number of rotatable bonds is 3. The number of aliphatic carboxylic acids is 1. The van der Waals surface area contributed by atoms with E-state index in [2.05, 4.69) is 0 Å². The van der Waals surface area contributed by atoms with E-state index in [-0.39, 0.29) is 11.8 Å². The molecule has 1 atom stereocenters. The summed E-state index contributed by atoms with van der Waals surface area (Å²) in [6.45, 7) is 8.62. The number of nitrogens with zero attached hydrogens (tertiary/aromatic N) is 1. The second kappa shape index (κ2) is 5.51. The standard InChI is InChI=1S/C17H23NO3/c1-11(2)17(16(20)21)7-8-18(10-17)15(19)14-6-5-12(3)13(4)9-14/h5-6,9,11H,7-8,10H2,1-4H3,(H,20,21). The molecule has 1 N–H and O–H groups in total. The van der Waals surface area contributed by atoms with Gasteiger partial charge in [-0.05, 0) is 49.4 Å². The van der Waals surface area contributed by atoms with Crippen LogP contribution in [0.5, 0.6) is 0 Å². The zero-order valence-corrected chi connectivity index (χ0v) is 13.1. The van der Waals surface area contributed by atoms with Crippen LogP contribution in [0.15, 0.2) is 18.2 Å². The number of carbonyl (C=O) groups is 2. The van der Waals surface area contributed by atoms with E-state index in [1.165, 1.54) is 0 Å². The molecule has 1 amide bonds. The Labute approximate surface area is 125 Å². The van der Waals surface area contributed by atoms with Crippen LogP contribution in [0.4, 0.5) is 0 Å². The predicted octanol–water partition coefficient (Wildman–Crippen LogP) is 2.88. The highest BCUT2D eigenvalue weighted by Gasteiger charge is 2.48. The molecule has 4 heteroatoms. The van der Waals surface area contributed by atoms with Crippen molar-refractivity contribution < 1.29 is 14.7 Å². The van der Waals surface area contributed by atoms with Crippen LogP contribution in [0.25, 0.3) is 0 Å². The molecule has 4 nitrogen and oxygen atoms in total. The van der Waals surface area contributed by atoms with Gasteiger partial charge in [0.05, 0.1) is 5.41 Å². The normalized spacial score (nSPS) is 21.9. The van der Waals surface area contributed by atoms with E-state index in [9.17, 15) is 14.7 Å². The topological polar surface area (TPSA) is 57.6 Å². The van der Waals surface area contributed by atoms with Gasteiger partial charge in [-0.3, -0.25) is 9.59 Å². The third kappa shape index (κ3) is 2.67. The lowest BCUT2D eigenvalue weighted by molar-refractivity contribution is -0.150. The number of amides is 1. The SMILES string of the molecule is Cc1ccc(C(=O)N2CCC(C(=O)O)(C(C)C)C2)cc1C. The number of carboxylic acid groups (broad SMARTS) is 1. The van der Waals surface area contributed by atoms with Crippen molar-refractivity contribution in [2.75, 3.05) is 13.1 Å². The van der Waals surface area contributed by atoms with E-state index < -0.39 is 11.4 Å². The van der Waals surface area contributed by atoms with Gasteiger partial charge in [0.1, 0.15) is 0 Å².